The Hall–Kier alpha value is -2.14. The zero-order valence-electron chi connectivity index (χ0n) is 10.8. The fraction of sp³-hybridized carbons (Fsp3) is 0.286. The van der Waals surface area contributed by atoms with Gasteiger partial charge in [-0.1, -0.05) is 19.1 Å². The summed E-state index contributed by atoms with van der Waals surface area (Å²) in [4.78, 5) is 22.4. The molecule has 5 nitrogen and oxygen atoms in total. The monoisotopic (exact) mass is 262 g/mol. The lowest BCUT2D eigenvalue weighted by molar-refractivity contribution is -0.117. The smallest absolute Gasteiger partial charge is 0.248 e. The molecule has 19 heavy (non-hydrogen) atoms. The van der Waals surface area contributed by atoms with Gasteiger partial charge < -0.3 is 16.2 Å². The number of amides is 2. The molecule has 5 heteroatoms. The summed E-state index contributed by atoms with van der Waals surface area (Å²) < 4.78 is 0. The van der Waals surface area contributed by atoms with Crippen molar-refractivity contribution in [3.05, 3.63) is 41.5 Å². The van der Waals surface area contributed by atoms with Crippen LogP contribution in [0.25, 0.3) is 6.08 Å². The first-order valence-electron chi connectivity index (χ1n) is 6.06. The topological polar surface area (TPSA) is 92.4 Å². The fourth-order valence-electron chi connectivity index (χ4n) is 1.46. The number of rotatable bonds is 6. The van der Waals surface area contributed by atoms with Crippen molar-refractivity contribution >= 4 is 17.9 Å². The maximum Gasteiger partial charge on any atom is 0.248 e. The van der Waals surface area contributed by atoms with Crippen LogP contribution < -0.4 is 11.1 Å². The highest BCUT2D eigenvalue weighted by molar-refractivity contribution is 5.94. The Kier molecular flexibility index (Phi) is 5.75. The lowest BCUT2D eigenvalue weighted by Gasteiger charge is -2.11. The van der Waals surface area contributed by atoms with Crippen LogP contribution in [0.2, 0.25) is 0 Å². The van der Waals surface area contributed by atoms with Gasteiger partial charge in [-0.2, -0.15) is 0 Å². The molecule has 4 N–H and O–H groups in total. The number of benzene rings is 1. The standard InChI is InChI=1S/C14H18N2O3/c1-2-12(9-17)16-13(18)8-5-10-3-6-11(7-4-10)14(15)19/h3-8,12,17H,2,9H2,1H3,(H2,15,19)(H,16,18)/b8-5+/t12-/m0/s1. The van der Waals surface area contributed by atoms with Crippen molar-refractivity contribution in [3.63, 3.8) is 0 Å². The van der Waals surface area contributed by atoms with Crippen LogP contribution in [-0.2, 0) is 4.79 Å². The average Bonchev–Trinajstić information content (AvgIpc) is 2.43. The first kappa shape index (κ1) is 14.9. The highest BCUT2D eigenvalue weighted by Gasteiger charge is 2.05. The van der Waals surface area contributed by atoms with Crippen molar-refractivity contribution in [3.8, 4) is 0 Å². The fourth-order valence-corrected chi connectivity index (χ4v) is 1.46. The van der Waals surface area contributed by atoms with Gasteiger partial charge in [0.25, 0.3) is 0 Å². The van der Waals surface area contributed by atoms with Crippen LogP contribution in [0, 0.1) is 0 Å². The third-order valence-corrected chi connectivity index (χ3v) is 2.68. The van der Waals surface area contributed by atoms with E-state index in [0.29, 0.717) is 12.0 Å². The van der Waals surface area contributed by atoms with Gasteiger partial charge in [0.05, 0.1) is 12.6 Å². The Morgan fingerprint density at radius 2 is 2.00 bits per heavy atom. The summed E-state index contributed by atoms with van der Waals surface area (Å²) in [5.74, 6) is -0.748. The van der Waals surface area contributed by atoms with Gasteiger partial charge in [0, 0.05) is 11.6 Å². The van der Waals surface area contributed by atoms with Crippen LogP contribution in [-0.4, -0.2) is 29.6 Å². The minimum absolute atomic E-state index is 0.0800. The minimum Gasteiger partial charge on any atom is -0.394 e. The number of nitrogens with one attached hydrogen (secondary N) is 1. The molecule has 0 unspecified atom stereocenters. The van der Waals surface area contributed by atoms with E-state index < -0.39 is 5.91 Å². The van der Waals surface area contributed by atoms with Crippen molar-refractivity contribution in [2.24, 2.45) is 5.73 Å². The van der Waals surface area contributed by atoms with E-state index in [0.717, 1.165) is 5.56 Å². The summed E-state index contributed by atoms with van der Waals surface area (Å²) in [6.45, 7) is 1.80. The van der Waals surface area contributed by atoms with Gasteiger partial charge in [-0.25, -0.2) is 0 Å². The summed E-state index contributed by atoms with van der Waals surface area (Å²) >= 11 is 0. The number of aliphatic hydroxyl groups is 1. The molecule has 0 bridgehead atoms. The molecule has 1 atom stereocenters. The zero-order chi connectivity index (χ0) is 14.3. The third kappa shape index (κ3) is 4.93. The quantitative estimate of drug-likeness (QED) is 0.658. The lowest BCUT2D eigenvalue weighted by Crippen LogP contribution is -2.35. The van der Waals surface area contributed by atoms with E-state index in [4.69, 9.17) is 10.8 Å². The minimum atomic E-state index is -0.484. The van der Waals surface area contributed by atoms with Crippen molar-refractivity contribution < 1.29 is 14.7 Å². The number of nitrogens with two attached hydrogens (primary N) is 1. The molecular formula is C14H18N2O3. The molecule has 0 saturated heterocycles. The first-order chi connectivity index (χ1) is 9.06. The van der Waals surface area contributed by atoms with E-state index in [2.05, 4.69) is 5.32 Å². The lowest BCUT2D eigenvalue weighted by atomic mass is 10.1. The van der Waals surface area contributed by atoms with Gasteiger partial charge in [-0.05, 0) is 30.2 Å². The SMILES string of the molecule is CC[C@@H](CO)NC(=O)/C=C/c1ccc(C(N)=O)cc1. The second kappa shape index (κ2) is 7.33. The Bertz CT molecular complexity index is 462. The predicted octanol–water partition coefficient (Wildman–Crippen LogP) is 0.686. The molecule has 0 aromatic heterocycles. The van der Waals surface area contributed by atoms with E-state index in [1.54, 1.807) is 30.3 Å². The van der Waals surface area contributed by atoms with Gasteiger partial charge in [0.15, 0.2) is 0 Å². The predicted molar refractivity (Wildman–Crippen MR) is 73.3 cm³/mol. The summed E-state index contributed by atoms with van der Waals surface area (Å²) in [5, 5.41) is 11.6. The van der Waals surface area contributed by atoms with Crippen molar-refractivity contribution in [1.29, 1.82) is 0 Å². The van der Waals surface area contributed by atoms with Gasteiger partial charge >= 0.3 is 0 Å². The maximum absolute atomic E-state index is 11.5. The molecule has 0 spiro atoms. The van der Waals surface area contributed by atoms with Crippen LogP contribution in [0.4, 0.5) is 0 Å². The Morgan fingerprint density at radius 1 is 1.37 bits per heavy atom. The Morgan fingerprint density at radius 3 is 2.47 bits per heavy atom. The zero-order valence-corrected chi connectivity index (χ0v) is 10.8. The highest BCUT2D eigenvalue weighted by Crippen LogP contribution is 2.05. The molecule has 102 valence electrons. The highest BCUT2D eigenvalue weighted by atomic mass is 16.3. The normalized spacial score (nSPS) is 12.3. The molecule has 0 heterocycles. The molecule has 2 amide bonds. The van der Waals surface area contributed by atoms with E-state index in [-0.39, 0.29) is 18.6 Å². The van der Waals surface area contributed by atoms with E-state index in [1.165, 1.54) is 6.08 Å². The maximum atomic E-state index is 11.5. The Labute approximate surface area is 112 Å². The molecule has 0 fully saturated rings. The molecule has 1 aromatic rings. The number of carbonyl (C=O) groups excluding carboxylic acids is 2. The molecule has 1 aromatic carbocycles. The van der Waals surface area contributed by atoms with Crippen LogP contribution in [0.1, 0.15) is 29.3 Å². The van der Waals surface area contributed by atoms with Crippen LogP contribution in [0.5, 0.6) is 0 Å². The molecule has 0 saturated carbocycles. The molecule has 0 radical (unpaired) electrons. The van der Waals surface area contributed by atoms with Crippen LogP contribution >= 0.6 is 0 Å². The number of aliphatic hydroxyl groups excluding tert-OH is 1. The van der Waals surface area contributed by atoms with Gasteiger partial charge in [0.2, 0.25) is 11.8 Å². The van der Waals surface area contributed by atoms with Crippen LogP contribution in [0.15, 0.2) is 30.3 Å². The van der Waals surface area contributed by atoms with Crippen molar-refractivity contribution in [1.82, 2.24) is 5.32 Å². The number of primary amides is 1. The van der Waals surface area contributed by atoms with Crippen LogP contribution in [0.3, 0.4) is 0 Å². The molecular weight excluding hydrogens is 244 g/mol. The second-order valence-corrected chi connectivity index (χ2v) is 4.12. The van der Waals surface area contributed by atoms with Gasteiger partial charge in [-0.15, -0.1) is 0 Å². The summed E-state index contributed by atoms with van der Waals surface area (Å²) in [5.41, 5.74) is 6.34. The second-order valence-electron chi connectivity index (χ2n) is 4.12. The molecule has 0 aliphatic carbocycles. The largest absolute Gasteiger partial charge is 0.394 e. The summed E-state index contributed by atoms with van der Waals surface area (Å²) in [6.07, 6.45) is 3.69. The van der Waals surface area contributed by atoms with Crippen molar-refractivity contribution in [2.75, 3.05) is 6.61 Å². The number of hydrogen-bond acceptors (Lipinski definition) is 3. The van der Waals surface area contributed by atoms with Gasteiger partial charge in [-0.3, -0.25) is 9.59 Å². The summed E-state index contributed by atoms with van der Waals surface area (Å²) in [6, 6.07) is 6.38. The van der Waals surface area contributed by atoms with Crippen molar-refractivity contribution in [2.45, 2.75) is 19.4 Å². The summed E-state index contributed by atoms with van der Waals surface area (Å²) in [7, 11) is 0. The van der Waals surface area contributed by atoms with Gasteiger partial charge in [0.1, 0.15) is 0 Å². The van der Waals surface area contributed by atoms with E-state index in [1.807, 2.05) is 6.92 Å². The average molecular weight is 262 g/mol. The Balaban J connectivity index is 2.61. The molecule has 0 aliphatic heterocycles. The first-order valence-corrected chi connectivity index (χ1v) is 6.06. The molecule has 1 rings (SSSR count). The molecule has 0 aliphatic rings. The van der Waals surface area contributed by atoms with E-state index in [9.17, 15) is 9.59 Å². The van der Waals surface area contributed by atoms with E-state index >= 15 is 0 Å². The number of carbonyl (C=O) groups is 2. The number of hydrogen-bond donors (Lipinski definition) is 3. The third-order valence-electron chi connectivity index (χ3n) is 2.68.